The second kappa shape index (κ2) is 9.98. The predicted molar refractivity (Wildman–Crippen MR) is 122 cm³/mol. The van der Waals surface area contributed by atoms with E-state index in [4.69, 9.17) is 0 Å². The summed E-state index contributed by atoms with van der Waals surface area (Å²) in [7, 11) is 0. The number of pyridine rings is 1. The Labute approximate surface area is 182 Å². The van der Waals surface area contributed by atoms with Crippen LogP contribution in [0, 0.1) is 0 Å². The number of nitrogens with zero attached hydrogens (tertiary/aromatic N) is 3. The van der Waals surface area contributed by atoms with Gasteiger partial charge >= 0.3 is 0 Å². The second-order valence-corrected chi connectivity index (χ2v) is 8.74. The first-order valence-corrected chi connectivity index (χ1v) is 11.3. The summed E-state index contributed by atoms with van der Waals surface area (Å²) in [6.45, 7) is 7.14. The molecule has 2 unspecified atom stereocenters. The monoisotopic (exact) mass is 420 g/mol. The van der Waals surface area contributed by atoms with Gasteiger partial charge in [-0.25, -0.2) is 0 Å². The maximum atomic E-state index is 12.7. The first kappa shape index (κ1) is 20.7. The first-order chi connectivity index (χ1) is 14.7. The van der Waals surface area contributed by atoms with E-state index in [1.807, 2.05) is 0 Å². The van der Waals surface area contributed by atoms with Crippen LogP contribution in [0.1, 0.15) is 33.8 Å². The van der Waals surface area contributed by atoms with E-state index in [0.29, 0.717) is 5.56 Å². The number of carbonyl (C=O) groups is 1. The Kier molecular flexibility index (Phi) is 6.89. The van der Waals surface area contributed by atoms with Crippen LogP contribution >= 0.6 is 11.3 Å². The lowest BCUT2D eigenvalue weighted by Gasteiger charge is -2.41. The van der Waals surface area contributed by atoms with Crippen molar-refractivity contribution in [1.29, 1.82) is 0 Å². The average molecular weight is 421 g/mol. The third-order valence-electron chi connectivity index (χ3n) is 5.66. The number of aromatic nitrogens is 1. The largest absolute Gasteiger partial charge is 0.348 e. The minimum atomic E-state index is -0.0471. The van der Waals surface area contributed by atoms with Gasteiger partial charge in [0.2, 0.25) is 0 Å². The smallest absolute Gasteiger partial charge is 0.251 e. The van der Waals surface area contributed by atoms with Crippen molar-refractivity contribution in [1.82, 2.24) is 20.1 Å². The molecule has 0 radical (unpaired) electrons. The van der Waals surface area contributed by atoms with Crippen LogP contribution in [-0.2, 0) is 6.54 Å². The number of thiophene rings is 1. The van der Waals surface area contributed by atoms with Crippen LogP contribution in [0.5, 0.6) is 0 Å². The minimum Gasteiger partial charge on any atom is -0.348 e. The number of carbonyl (C=O) groups excluding carboxylic acids is 1. The van der Waals surface area contributed by atoms with E-state index >= 15 is 0 Å². The Bertz CT molecular complexity index is 909. The van der Waals surface area contributed by atoms with Crippen LogP contribution in [0.3, 0.4) is 0 Å². The fraction of sp³-hybridized carbons (Fsp3) is 0.333. The lowest BCUT2D eigenvalue weighted by Crippen LogP contribution is -2.52. The topological polar surface area (TPSA) is 48.5 Å². The van der Waals surface area contributed by atoms with Crippen LogP contribution in [0.2, 0.25) is 0 Å². The highest BCUT2D eigenvalue weighted by molar-refractivity contribution is 7.10. The van der Waals surface area contributed by atoms with Gasteiger partial charge in [-0.2, -0.15) is 0 Å². The summed E-state index contributed by atoms with van der Waals surface area (Å²) in [5, 5.41) is 5.33. The van der Waals surface area contributed by atoms with Crippen molar-refractivity contribution in [2.45, 2.75) is 25.6 Å². The Balaban J connectivity index is 1.41. The standard InChI is InChI=1S/C24H28N4OS/c1-19(26-24(29)21-9-11-25-12-10-21)23(22-8-5-17-30-22)28-15-13-27(14-16-28)18-20-6-3-2-4-7-20/h2-12,17,19,23H,13-16,18H2,1H3,(H,26,29). The van der Waals surface area contributed by atoms with Crippen molar-refractivity contribution >= 4 is 17.2 Å². The number of amides is 1. The van der Waals surface area contributed by atoms with Gasteiger partial charge in [-0.05, 0) is 36.1 Å². The molecule has 2 atom stereocenters. The van der Waals surface area contributed by atoms with Crippen molar-refractivity contribution < 1.29 is 4.79 Å². The molecule has 1 fully saturated rings. The molecule has 0 bridgehead atoms. The van der Waals surface area contributed by atoms with E-state index < -0.39 is 0 Å². The first-order valence-electron chi connectivity index (χ1n) is 10.5. The molecule has 156 valence electrons. The number of hydrogen-bond donors (Lipinski definition) is 1. The highest BCUT2D eigenvalue weighted by atomic mass is 32.1. The second-order valence-electron chi connectivity index (χ2n) is 7.76. The van der Waals surface area contributed by atoms with Crippen LogP contribution in [-0.4, -0.2) is 52.9 Å². The molecule has 30 heavy (non-hydrogen) atoms. The summed E-state index contributed by atoms with van der Waals surface area (Å²) in [6.07, 6.45) is 3.31. The number of benzene rings is 1. The molecule has 1 amide bonds. The number of hydrogen-bond acceptors (Lipinski definition) is 5. The van der Waals surface area contributed by atoms with Gasteiger partial charge < -0.3 is 5.32 Å². The zero-order valence-corrected chi connectivity index (χ0v) is 18.1. The van der Waals surface area contributed by atoms with Crippen molar-refractivity contribution in [3.05, 3.63) is 88.4 Å². The Hall–Kier alpha value is -2.54. The van der Waals surface area contributed by atoms with Gasteiger partial charge in [-0.15, -0.1) is 11.3 Å². The summed E-state index contributed by atoms with van der Waals surface area (Å²) in [6, 6.07) is 18.6. The molecule has 0 spiro atoms. The zero-order chi connectivity index (χ0) is 20.8. The molecular formula is C24H28N4OS. The van der Waals surface area contributed by atoms with Gasteiger partial charge in [0.1, 0.15) is 0 Å². The predicted octanol–water partition coefficient (Wildman–Crippen LogP) is 3.82. The Morgan fingerprint density at radius 1 is 1.03 bits per heavy atom. The van der Waals surface area contributed by atoms with Crippen molar-refractivity contribution in [3.63, 3.8) is 0 Å². The highest BCUT2D eigenvalue weighted by Crippen LogP contribution is 2.29. The molecule has 1 aliphatic heterocycles. The molecule has 2 aromatic heterocycles. The summed E-state index contributed by atoms with van der Waals surface area (Å²) in [5.41, 5.74) is 2.01. The van der Waals surface area contributed by atoms with Gasteiger partial charge in [0.25, 0.3) is 5.91 Å². The fourth-order valence-corrected chi connectivity index (χ4v) is 5.08. The molecule has 1 N–H and O–H groups in total. The van der Waals surface area contributed by atoms with Crippen molar-refractivity contribution in [2.24, 2.45) is 0 Å². The van der Waals surface area contributed by atoms with Crippen molar-refractivity contribution in [3.8, 4) is 0 Å². The summed E-state index contributed by atoms with van der Waals surface area (Å²) < 4.78 is 0. The normalized spacial score (nSPS) is 17.4. The molecule has 3 heterocycles. The van der Waals surface area contributed by atoms with Gasteiger partial charge in [0.15, 0.2) is 0 Å². The van der Waals surface area contributed by atoms with E-state index in [9.17, 15) is 4.79 Å². The molecule has 0 saturated carbocycles. The lowest BCUT2D eigenvalue weighted by atomic mass is 10.0. The van der Waals surface area contributed by atoms with Crippen LogP contribution in [0.25, 0.3) is 0 Å². The number of nitrogens with one attached hydrogen (secondary N) is 1. The van der Waals surface area contributed by atoms with E-state index in [1.54, 1.807) is 35.9 Å². The molecule has 1 aromatic carbocycles. The molecule has 4 rings (SSSR count). The molecule has 5 nitrogen and oxygen atoms in total. The number of piperazine rings is 1. The molecule has 1 aliphatic rings. The van der Waals surface area contributed by atoms with Crippen molar-refractivity contribution in [2.75, 3.05) is 26.2 Å². The maximum Gasteiger partial charge on any atom is 0.251 e. The quantitative estimate of drug-likeness (QED) is 0.631. The Morgan fingerprint density at radius 2 is 1.77 bits per heavy atom. The van der Waals surface area contributed by atoms with Gasteiger partial charge in [-0.3, -0.25) is 19.6 Å². The van der Waals surface area contributed by atoms with Gasteiger partial charge in [-0.1, -0.05) is 36.4 Å². The summed E-state index contributed by atoms with van der Waals surface area (Å²) in [4.78, 5) is 23.0. The summed E-state index contributed by atoms with van der Waals surface area (Å²) >= 11 is 1.76. The van der Waals surface area contributed by atoms with E-state index in [-0.39, 0.29) is 18.0 Å². The minimum absolute atomic E-state index is 0.00462. The molecular weight excluding hydrogens is 392 g/mol. The van der Waals surface area contributed by atoms with E-state index in [2.05, 4.69) is 74.9 Å². The third-order valence-corrected chi connectivity index (χ3v) is 6.60. The van der Waals surface area contributed by atoms with Crippen LogP contribution in [0.15, 0.2) is 72.4 Å². The molecule has 3 aromatic rings. The van der Waals surface area contributed by atoms with Crippen LogP contribution in [0.4, 0.5) is 0 Å². The fourth-order valence-electron chi connectivity index (χ4n) is 4.12. The maximum absolute atomic E-state index is 12.7. The van der Waals surface area contributed by atoms with E-state index in [1.165, 1.54) is 10.4 Å². The Morgan fingerprint density at radius 3 is 2.43 bits per heavy atom. The zero-order valence-electron chi connectivity index (χ0n) is 17.3. The average Bonchev–Trinajstić information content (AvgIpc) is 3.31. The van der Waals surface area contributed by atoms with Crippen LogP contribution < -0.4 is 5.32 Å². The van der Waals surface area contributed by atoms with E-state index in [0.717, 1.165) is 32.7 Å². The van der Waals surface area contributed by atoms with Gasteiger partial charge in [0, 0.05) is 61.6 Å². The summed E-state index contributed by atoms with van der Waals surface area (Å²) in [5.74, 6) is -0.0471. The molecule has 1 saturated heterocycles. The number of rotatable bonds is 7. The third kappa shape index (κ3) is 5.14. The molecule has 6 heteroatoms. The lowest BCUT2D eigenvalue weighted by molar-refractivity contribution is 0.0714. The highest BCUT2D eigenvalue weighted by Gasteiger charge is 2.31. The molecule has 0 aliphatic carbocycles. The SMILES string of the molecule is CC(NC(=O)c1ccncc1)C(c1cccs1)N1CCN(Cc2ccccc2)CC1. The van der Waals surface area contributed by atoms with Gasteiger partial charge in [0.05, 0.1) is 6.04 Å².